The second kappa shape index (κ2) is 8.49. The average molecular weight is 405 g/mol. The van der Waals surface area contributed by atoms with Crippen molar-refractivity contribution < 1.29 is 23.7 Å². The molecule has 2 aliphatic heterocycles. The third kappa shape index (κ3) is 4.40. The summed E-state index contributed by atoms with van der Waals surface area (Å²) < 4.78 is 23.8. The van der Waals surface area contributed by atoms with E-state index in [1.165, 1.54) is 18.1 Å². The van der Waals surface area contributed by atoms with Crippen LogP contribution >= 0.6 is 0 Å². The average Bonchev–Trinajstić information content (AvgIpc) is 3.16. The molecule has 2 fully saturated rings. The molecule has 0 aliphatic carbocycles. The second-order valence-electron chi connectivity index (χ2n) is 8.08. The van der Waals surface area contributed by atoms with Gasteiger partial charge in [0.2, 0.25) is 0 Å². The molecule has 6 heteroatoms. The van der Waals surface area contributed by atoms with Crippen molar-refractivity contribution in [1.29, 1.82) is 0 Å². The Kier molecular flexibility index (Phi) is 6.44. The van der Waals surface area contributed by atoms with E-state index in [1.807, 2.05) is 32.0 Å². The van der Waals surface area contributed by atoms with Gasteiger partial charge in [-0.3, -0.25) is 0 Å². The van der Waals surface area contributed by atoms with Gasteiger partial charge >= 0.3 is 5.97 Å². The molecule has 154 valence electrons. The molecule has 1 aromatic carbocycles. The van der Waals surface area contributed by atoms with Crippen molar-refractivity contribution in [2.45, 2.75) is 77.0 Å². The first kappa shape index (κ1) is 21.2. The van der Waals surface area contributed by atoms with Crippen molar-refractivity contribution in [3.63, 3.8) is 0 Å². The minimum absolute atomic E-state index is 0.168. The normalized spacial score (nSPS) is 27.8. The lowest BCUT2D eigenvalue weighted by Gasteiger charge is -2.28. The lowest BCUT2D eigenvalue weighted by molar-refractivity contribution is -0.202. The highest BCUT2D eigenvalue weighted by Crippen LogP contribution is 2.42. The molecule has 1 aromatic rings. The minimum atomic E-state index is -1.57. The van der Waals surface area contributed by atoms with Crippen molar-refractivity contribution in [2.75, 3.05) is 6.61 Å². The zero-order valence-electron chi connectivity index (χ0n) is 17.6. The summed E-state index contributed by atoms with van der Waals surface area (Å²) in [6.07, 6.45) is -0.999. The first-order valence-electron chi connectivity index (χ1n) is 10.3. The summed E-state index contributed by atoms with van der Waals surface area (Å²) in [6.45, 7) is 10.8. The van der Waals surface area contributed by atoms with E-state index < -0.39 is 20.2 Å². The van der Waals surface area contributed by atoms with Crippen LogP contribution in [-0.2, 0) is 18.9 Å². The maximum absolute atomic E-state index is 12.4. The summed E-state index contributed by atoms with van der Waals surface area (Å²) in [5.41, 5.74) is 4.07. The molecule has 0 unspecified atom stereocenters. The quantitative estimate of drug-likeness (QED) is 0.487. The van der Waals surface area contributed by atoms with E-state index in [2.05, 4.69) is 26.5 Å². The summed E-state index contributed by atoms with van der Waals surface area (Å²) in [5.74, 6) is -1.01. The largest absolute Gasteiger partial charge is 0.459 e. The van der Waals surface area contributed by atoms with E-state index in [-0.39, 0.29) is 24.8 Å². The molecule has 2 aliphatic rings. The second-order valence-corrected chi connectivity index (χ2v) is 13.2. The highest BCUT2D eigenvalue weighted by molar-refractivity contribution is 6.84. The van der Waals surface area contributed by atoms with Crippen molar-refractivity contribution in [2.24, 2.45) is 0 Å². The van der Waals surface area contributed by atoms with Gasteiger partial charge in [-0.25, -0.2) is 4.79 Å². The van der Waals surface area contributed by atoms with Crippen LogP contribution in [0.5, 0.6) is 0 Å². The molecule has 0 amide bonds. The number of carbonyl (C=O) groups excluding carboxylic acids is 1. The summed E-state index contributed by atoms with van der Waals surface area (Å²) in [4.78, 5) is 12.4. The standard InChI is InChI=1S/C22H32O5Si/c1-6-28(7-2,8-3)15-17-18(25-21-19(17)26-22(4,5)27-21)14-24-20(23)16-12-10-9-11-13-16/h9-13,15,18-19,21H,6-8,14H2,1-5H3/b17-15+/t18-,19-,21-/m1/s1. The molecule has 2 saturated heterocycles. The van der Waals surface area contributed by atoms with Crippen LogP contribution in [0.4, 0.5) is 0 Å². The Morgan fingerprint density at radius 2 is 1.75 bits per heavy atom. The van der Waals surface area contributed by atoms with Gasteiger partial charge in [0, 0.05) is 0 Å². The van der Waals surface area contributed by atoms with Crippen molar-refractivity contribution in [3.05, 3.63) is 47.2 Å². The summed E-state index contributed by atoms with van der Waals surface area (Å²) in [6, 6.07) is 12.5. The Labute approximate surface area is 169 Å². The fourth-order valence-electron chi connectivity index (χ4n) is 4.01. The van der Waals surface area contributed by atoms with E-state index in [1.54, 1.807) is 12.1 Å². The van der Waals surface area contributed by atoms with Crippen LogP contribution in [0.2, 0.25) is 18.1 Å². The highest BCUT2D eigenvalue weighted by atomic mass is 28.3. The molecule has 0 spiro atoms. The van der Waals surface area contributed by atoms with Gasteiger partial charge in [-0.2, -0.15) is 0 Å². The van der Waals surface area contributed by atoms with Crippen LogP contribution in [0.15, 0.2) is 41.6 Å². The topological polar surface area (TPSA) is 54.0 Å². The van der Waals surface area contributed by atoms with Crippen molar-refractivity contribution >= 4 is 14.0 Å². The summed E-state index contributed by atoms with van der Waals surface area (Å²) >= 11 is 0. The maximum atomic E-state index is 12.4. The van der Waals surface area contributed by atoms with Crippen LogP contribution in [-0.4, -0.2) is 44.9 Å². The predicted molar refractivity (Wildman–Crippen MR) is 111 cm³/mol. The Morgan fingerprint density at radius 3 is 2.36 bits per heavy atom. The van der Waals surface area contributed by atoms with Crippen LogP contribution in [0.3, 0.4) is 0 Å². The molecule has 0 N–H and O–H groups in total. The molecule has 2 heterocycles. The van der Waals surface area contributed by atoms with E-state index in [9.17, 15) is 4.79 Å². The number of benzene rings is 1. The molecule has 0 bridgehead atoms. The van der Waals surface area contributed by atoms with Gasteiger partial charge in [0.05, 0.1) is 13.6 Å². The fourth-order valence-corrected chi connectivity index (χ4v) is 7.18. The van der Waals surface area contributed by atoms with Gasteiger partial charge in [-0.15, -0.1) is 0 Å². The molecule has 5 nitrogen and oxygen atoms in total. The maximum Gasteiger partial charge on any atom is 0.338 e. The zero-order valence-corrected chi connectivity index (χ0v) is 18.6. The number of rotatable bonds is 7. The molecule has 0 saturated carbocycles. The molecular weight excluding hydrogens is 372 g/mol. The first-order chi connectivity index (χ1) is 13.3. The number of carbonyl (C=O) groups is 1. The zero-order chi connectivity index (χ0) is 20.4. The Hall–Kier alpha value is -1.47. The van der Waals surface area contributed by atoms with Crippen molar-refractivity contribution in [1.82, 2.24) is 0 Å². The van der Waals surface area contributed by atoms with Crippen molar-refractivity contribution in [3.8, 4) is 0 Å². The first-order valence-corrected chi connectivity index (χ1v) is 13.0. The van der Waals surface area contributed by atoms with E-state index >= 15 is 0 Å². The molecule has 28 heavy (non-hydrogen) atoms. The SMILES string of the molecule is CC[Si](/C=C1/[C@H]2OC(C)(C)O[C@H]2O[C@@H]1COC(=O)c1ccccc1)(CC)CC. The van der Waals surface area contributed by atoms with Gasteiger partial charge < -0.3 is 18.9 Å². The summed E-state index contributed by atoms with van der Waals surface area (Å²) in [5, 5.41) is 0. The van der Waals surface area contributed by atoms with Gasteiger partial charge in [-0.1, -0.05) is 62.8 Å². The predicted octanol–water partition coefficient (Wildman–Crippen LogP) is 4.69. The van der Waals surface area contributed by atoms with Crippen LogP contribution < -0.4 is 0 Å². The number of hydrogen-bond donors (Lipinski definition) is 0. The van der Waals surface area contributed by atoms with E-state index in [4.69, 9.17) is 18.9 Å². The summed E-state index contributed by atoms with van der Waals surface area (Å²) in [7, 11) is -1.57. The lowest BCUT2D eigenvalue weighted by Crippen LogP contribution is -2.34. The molecule has 0 radical (unpaired) electrons. The molecule has 3 atom stereocenters. The molecule has 3 rings (SSSR count). The Bertz CT molecular complexity index is 703. The molecule has 0 aromatic heterocycles. The minimum Gasteiger partial charge on any atom is -0.459 e. The monoisotopic (exact) mass is 404 g/mol. The van der Waals surface area contributed by atoms with E-state index in [0.29, 0.717) is 5.56 Å². The number of fused-ring (bicyclic) bond motifs is 1. The smallest absolute Gasteiger partial charge is 0.338 e. The fraction of sp³-hybridized carbons (Fsp3) is 0.591. The van der Waals surface area contributed by atoms with Gasteiger partial charge in [0.15, 0.2) is 12.1 Å². The molecular formula is C22H32O5Si. The Balaban J connectivity index is 1.80. The third-order valence-electron chi connectivity index (χ3n) is 6.02. The Morgan fingerprint density at radius 1 is 1.11 bits per heavy atom. The number of esters is 1. The van der Waals surface area contributed by atoms with E-state index in [0.717, 1.165) is 5.57 Å². The van der Waals surface area contributed by atoms with Crippen LogP contribution in [0.25, 0.3) is 0 Å². The number of hydrogen-bond acceptors (Lipinski definition) is 5. The van der Waals surface area contributed by atoms with Gasteiger partial charge in [-0.05, 0) is 31.6 Å². The highest BCUT2D eigenvalue weighted by Gasteiger charge is 2.52. The van der Waals surface area contributed by atoms with Crippen LogP contribution in [0, 0.1) is 0 Å². The number of ether oxygens (including phenoxy) is 4. The van der Waals surface area contributed by atoms with Gasteiger partial charge in [0.1, 0.15) is 18.8 Å². The van der Waals surface area contributed by atoms with Crippen LogP contribution in [0.1, 0.15) is 45.0 Å². The van der Waals surface area contributed by atoms with Gasteiger partial charge in [0.25, 0.3) is 0 Å². The third-order valence-corrected chi connectivity index (χ3v) is 11.2. The lowest BCUT2D eigenvalue weighted by atomic mass is 10.1.